The minimum atomic E-state index is -1.11. The van der Waals surface area contributed by atoms with E-state index in [2.05, 4.69) is 27.4 Å². The van der Waals surface area contributed by atoms with Gasteiger partial charge in [0.1, 0.15) is 6.04 Å². The summed E-state index contributed by atoms with van der Waals surface area (Å²) in [5.74, 6) is -1.11. The molecule has 0 radical (unpaired) electrons. The van der Waals surface area contributed by atoms with Crippen LogP contribution in [0.3, 0.4) is 0 Å². The normalized spacial score (nSPS) is 11.7. The molecule has 0 saturated carbocycles. The molecule has 1 heterocycles. The van der Waals surface area contributed by atoms with Crippen LogP contribution in [0.2, 0.25) is 0 Å². The summed E-state index contributed by atoms with van der Waals surface area (Å²) in [6.45, 7) is 6.94. The van der Waals surface area contributed by atoms with Gasteiger partial charge in [-0.3, -0.25) is 5.10 Å². The Morgan fingerprint density at radius 2 is 2.22 bits per heavy atom. The predicted molar refractivity (Wildman–Crippen MR) is 66.5 cm³/mol. The Bertz CT molecular complexity index is 447. The van der Waals surface area contributed by atoms with Gasteiger partial charge in [0.05, 0.1) is 17.1 Å². The number of hydrogen-bond donors (Lipinski definition) is 4. The fourth-order valence-corrected chi connectivity index (χ4v) is 1.43. The Morgan fingerprint density at radius 1 is 1.56 bits per heavy atom. The summed E-state index contributed by atoms with van der Waals surface area (Å²) >= 11 is 0. The molecule has 0 saturated heterocycles. The highest BCUT2D eigenvalue weighted by Gasteiger charge is 2.19. The van der Waals surface area contributed by atoms with E-state index in [9.17, 15) is 9.59 Å². The van der Waals surface area contributed by atoms with E-state index in [-0.39, 0.29) is 6.42 Å². The van der Waals surface area contributed by atoms with Gasteiger partial charge in [0.25, 0.3) is 0 Å². The number of hydrogen-bond acceptors (Lipinski definition) is 3. The maximum atomic E-state index is 11.6. The third-order valence-electron chi connectivity index (χ3n) is 2.37. The second-order valence-corrected chi connectivity index (χ2v) is 3.82. The van der Waals surface area contributed by atoms with Crippen LogP contribution >= 0.6 is 0 Å². The van der Waals surface area contributed by atoms with E-state index in [1.54, 1.807) is 13.8 Å². The molecular weight excluding hydrogens is 236 g/mol. The Morgan fingerprint density at radius 3 is 2.67 bits per heavy atom. The molecule has 0 aliphatic rings. The van der Waals surface area contributed by atoms with Gasteiger partial charge < -0.3 is 15.7 Å². The Kier molecular flexibility index (Phi) is 4.47. The number of rotatable bonds is 5. The second kappa shape index (κ2) is 5.85. The number of carbonyl (C=O) groups excluding carboxylic acids is 1. The molecule has 0 bridgehead atoms. The lowest BCUT2D eigenvalue weighted by atomic mass is 10.2. The molecule has 98 valence electrons. The molecule has 4 N–H and O–H groups in total. The van der Waals surface area contributed by atoms with E-state index in [0.717, 1.165) is 0 Å². The van der Waals surface area contributed by atoms with Crippen LogP contribution in [0, 0.1) is 13.8 Å². The molecule has 0 spiro atoms. The van der Waals surface area contributed by atoms with Crippen LogP contribution in [0.15, 0.2) is 12.7 Å². The molecule has 1 aromatic rings. The summed E-state index contributed by atoms with van der Waals surface area (Å²) in [4.78, 5) is 22.5. The molecule has 0 fully saturated rings. The lowest BCUT2D eigenvalue weighted by molar-refractivity contribution is -0.139. The van der Waals surface area contributed by atoms with Crippen molar-refractivity contribution in [2.75, 3.05) is 5.32 Å². The maximum absolute atomic E-state index is 11.6. The molecule has 0 aromatic carbocycles. The number of aryl methyl sites for hydroxylation is 2. The van der Waals surface area contributed by atoms with E-state index >= 15 is 0 Å². The van der Waals surface area contributed by atoms with Gasteiger partial charge in [-0.15, -0.1) is 6.58 Å². The zero-order chi connectivity index (χ0) is 13.7. The molecular formula is C11H16N4O3. The average Bonchev–Trinajstić information content (AvgIpc) is 2.60. The summed E-state index contributed by atoms with van der Waals surface area (Å²) in [6, 6.07) is -1.58. The van der Waals surface area contributed by atoms with Crippen LogP contribution < -0.4 is 10.6 Å². The SMILES string of the molecule is C=CCC(NC(=O)Nc1c(C)n[nH]c1C)C(=O)O. The summed E-state index contributed by atoms with van der Waals surface area (Å²) in [5.41, 5.74) is 1.90. The maximum Gasteiger partial charge on any atom is 0.326 e. The van der Waals surface area contributed by atoms with Crippen molar-refractivity contribution in [3.05, 3.63) is 24.0 Å². The Balaban J connectivity index is 2.66. The standard InChI is InChI=1S/C11H16N4O3/c1-4-5-8(10(16)17)12-11(18)13-9-6(2)14-15-7(9)3/h4,8H,1,5H2,2-3H3,(H,14,15)(H,16,17)(H2,12,13,18). The quantitative estimate of drug-likeness (QED) is 0.590. The lowest BCUT2D eigenvalue weighted by Crippen LogP contribution is -2.42. The topological polar surface area (TPSA) is 107 Å². The number of nitrogens with one attached hydrogen (secondary N) is 3. The van der Waals surface area contributed by atoms with Crippen LogP contribution in [0.1, 0.15) is 17.8 Å². The van der Waals surface area contributed by atoms with Crippen molar-refractivity contribution in [1.82, 2.24) is 15.5 Å². The second-order valence-electron chi connectivity index (χ2n) is 3.82. The van der Waals surface area contributed by atoms with E-state index < -0.39 is 18.0 Å². The number of aromatic amines is 1. The third kappa shape index (κ3) is 3.34. The van der Waals surface area contributed by atoms with E-state index in [1.807, 2.05) is 0 Å². The molecule has 0 aliphatic heterocycles. The van der Waals surface area contributed by atoms with Crippen molar-refractivity contribution < 1.29 is 14.7 Å². The molecule has 1 unspecified atom stereocenters. The first-order valence-corrected chi connectivity index (χ1v) is 5.38. The van der Waals surface area contributed by atoms with Gasteiger partial charge >= 0.3 is 12.0 Å². The van der Waals surface area contributed by atoms with Crippen molar-refractivity contribution in [3.63, 3.8) is 0 Å². The fourth-order valence-electron chi connectivity index (χ4n) is 1.43. The molecule has 1 atom stereocenters. The number of urea groups is 1. The molecule has 18 heavy (non-hydrogen) atoms. The molecule has 0 aliphatic carbocycles. The third-order valence-corrected chi connectivity index (χ3v) is 2.37. The van der Waals surface area contributed by atoms with Crippen LogP contribution in [0.4, 0.5) is 10.5 Å². The average molecular weight is 252 g/mol. The van der Waals surface area contributed by atoms with Gasteiger partial charge in [-0.05, 0) is 20.3 Å². The van der Waals surface area contributed by atoms with E-state index in [0.29, 0.717) is 17.1 Å². The number of carboxylic acids is 1. The van der Waals surface area contributed by atoms with Crippen molar-refractivity contribution in [1.29, 1.82) is 0 Å². The number of H-pyrrole nitrogens is 1. The fraction of sp³-hybridized carbons (Fsp3) is 0.364. The van der Waals surface area contributed by atoms with Crippen molar-refractivity contribution >= 4 is 17.7 Å². The number of carbonyl (C=O) groups is 2. The van der Waals surface area contributed by atoms with Crippen molar-refractivity contribution in [3.8, 4) is 0 Å². The zero-order valence-electron chi connectivity index (χ0n) is 10.3. The zero-order valence-corrected chi connectivity index (χ0v) is 10.3. The largest absolute Gasteiger partial charge is 0.480 e. The number of anilines is 1. The summed E-state index contributed by atoms with van der Waals surface area (Å²) in [6.07, 6.45) is 1.60. The first-order chi connectivity index (χ1) is 8.45. The van der Waals surface area contributed by atoms with Crippen LogP contribution in [-0.2, 0) is 4.79 Å². The van der Waals surface area contributed by atoms with Gasteiger partial charge in [0.2, 0.25) is 0 Å². The highest BCUT2D eigenvalue weighted by molar-refractivity contribution is 5.93. The van der Waals surface area contributed by atoms with Crippen LogP contribution in [-0.4, -0.2) is 33.3 Å². The number of carboxylic acid groups (broad SMARTS) is 1. The number of amides is 2. The summed E-state index contributed by atoms with van der Waals surface area (Å²) in [7, 11) is 0. The number of aliphatic carboxylic acids is 1. The monoisotopic (exact) mass is 252 g/mol. The van der Waals surface area contributed by atoms with E-state index in [4.69, 9.17) is 5.11 Å². The van der Waals surface area contributed by atoms with E-state index in [1.165, 1.54) is 6.08 Å². The van der Waals surface area contributed by atoms with Crippen LogP contribution in [0.5, 0.6) is 0 Å². The summed E-state index contributed by atoms with van der Waals surface area (Å²) < 4.78 is 0. The Labute approximate surface area is 104 Å². The molecule has 7 nitrogen and oxygen atoms in total. The molecule has 7 heteroatoms. The lowest BCUT2D eigenvalue weighted by Gasteiger charge is -2.13. The molecule has 2 amide bonds. The van der Waals surface area contributed by atoms with Gasteiger partial charge in [-0.25, -0.2) is 9.59 Å². The van der Waals surface area contributed by atoms with Gasteiger partial charge in [-0.1, -0.05) is 6.08 Å². The first kappa shape index (κ1) is 13.8. The van der Waals surface area contributed by atoms with Crippen molar-refractivity contribution in [2.24, 2.45) is 0 Å². The highest BCUT2D eigenvalue weighted by Crippen LogP contribution is 2.15. The van der Waals surface area contributed by atoms with Gasteiger partial charge in [0, 0.05) is 0 Å². The smallest absolute Gasteiger partial charge is 0.326 e. The van der Waals surface area contributed by atoms with Crippen molar-refractivity contribution in [2.45, 2.75) is 26.3 Å². The highest BCUT2D eigenvalue weighted by atomic mass is 16.4. The first-order valence-electron chi connectivity index (χ1n) is 5.38. The number of aromatic nitrogens is 2. The molecule has 1 aromatic heterocycles. The van der Waals surface area contributed by atoms with Gasteiger partial charge in [-0.2, -0.15) is 5.10 Å². The number of nitrogens with zero attached hydrogens (tertiary/aromatic N) is 1. The summed E-state index contributed by atoms with van der Waals surface area (Å²) in [5, 5.41) is 20.4. The molecule has 1 rings (SSSR count). The van der Waals surface area contributed by atoms with Crippen LogP contribution in [0.25, 0.3) is 0 Å². The minimum Gasteiger partial charge on any atom is -0.480 e. The Hall–Kier alpha value is -2.31. The predicted octanol–water partition coefficient (Wildman–Crippen LogP) is 1.18. The van der Waals surface area contributed by atoms with Gasteiger partial charge in [0.15, 0.2) is 0 Å². The minimum absolute atomic E-state index is 0.159.